The Morgan fingerprint density at radius 2 is 2.36 bits per heavy atom. The lowest BCUT2D eigenvalue weighted by atomic mass is 10.5. The van der Waals surface area contributed by atoms with E-state index in [1.807, 2.05) is 0 Å². The molecule has 0 aliphatic carbocycles. The number of nitrogen functional groups attached to an aromatic ring is 1. The molecule has 0 unspecified atom stereocenters. The summed E-state index contributed by atoms with van der Waals surface area (Å²) >= 11 is 0. The van der Waals surface area contributed by atoms with E-state index in [-0.39, 0.29) is 5.82 Å². The molecule has 6 heteroatoms. The van der Waals surface area contributed by atoms with Crippen molar-refractivity contribution in [1.82, 2.24) is 19.8 Å². The summed E-state index contributed by atoms with van der Waals surface area (Å²) in [4.78, 5) is 3.66. The first-order valence-corrected chi connectivity index (χ1v) is 2.89. The smallest absolute Gasteiger partial charge is 0.235 e. The fourth-order valence-electron chi connectivity index (χ4n) is 0.811. The maximum absolute atomic E-state index is 12.4. The van der Waals surface area contributed by atoms with Gasteiger partial charge in [0.15, 0.2) is 5.82 Å². The zero-order chi connectivity index (χ0) is 7.84. The number of rotatable bonds is 0. The van der Waals surface area contributed by atoms with Crippen LogP contribution in [0.25, 0.3) is 5.52 Å². The molecule has 2 rings (SSSR count). The molecule has 0 aliphatic heterocycles. The van der Waals surface area contributed by atoms with Crippen LogP contribution < -0.4 is 5.73 Å². The molecule has 11 heavy (non-hydrogen) atoms. The average Bonchev–Trinajstić information content (AvgIpc) is 2.31. The van der Waals surface area contributed by atoms with Crippen molar-refractivity contribution in [2.24, 2.45) is 0 Å². The maximum Gasteiger partial charge on any atom is 0.235 e. The van der Waals surface area contributed by atoms with E-state index in [0.29, 0.717) is 5.52 Å². The average molecular weight is 153 g/mol. The van der Waals surface area contributed by atoms with E-state index in [1.165, 1.54) is 12.4 Å². The summed E-state index contributed by atoms with van der Waals surface area (Å²) in [6, 6.07) is 1.18. The second kappa shape index (κ2) is 1.88. The lowest BCUT2D eigenvalue weighted by Crippen LogP contribution is -1.99. The summed E-state index contributed by atoms with van der Waals surface area (Å²) in [5, 5.41) is 7.03. The van der Waals surface area contributed by atoms with Crippen LogP contribution in [0.5, 0.6) is 0 Å². The molecular formula is C5H4FN5. The summed E-state index contributed by atoms with van der Waals surface area (Å²) in [7, 11) is 0. The van der Waals surface area contributed by atoms with Gasteiger partial charge in [0, 0.05) is 6.07 Å². The molecule has 0 saturated heterocycles. The zero-order valence-electron chi connectivity index (χ0n) is 5.40. The summed E-state index contributed by atoms with van der Waals surface area (Å²) in [6.07, 6.45) is 1.22. The highest BCUT2D eigenvalue weighted by molar-refractivity contribution is 5.63. The van der Waals surface area contributed by atoms with Crippen molar-refractivity contribution in [1.29, 1.82) is 0 Å². The molecule has 0 amide bonds. The van der Waals surface area contributed by atoms with Gasteiger partial charge in [0.05, 0.1) is 0 Å². The molecule has 0 bridgehead atoms. The molecule has 2 aromatic rings. The standard InChI is InChI=1S/C5H4FN5/c6-4-1-3-5(7)8-2-9-11(3)10-4/h1-2H,(H2,7,8,9). The predicted molar refractivity (Wildman–Crippen MR) is 35.2 cm³/mol. The summed E-state index contributed by atoms with van der Waals surface area (Å²) in [6.45, 7) is 0. The number of halogens is 1. The molecule has 0 fully saturated rings. The third kappa shape index (κ3) is 0.794. The van der Waals surface area contributed by atoms with Crippen molar-refractivity contribution in [3.8, 4) is 0 Å². The van der Waals surface area contributed by atoms with Gasteiger partial charge in [0.2, 0.25) is 5.95 Å². The van der Waals surface area contributed by atoms with E-state index in [9.17, 15) is 4.39 Å². The molecule has 0 saturated carbocycles. The van der Waals surface area contributed by atoms with Gasteiger partial charge >= 0.3 is 0 Å². The monoisotopic (exact) mass is 153 g/mol. The van der Waals surface area contributed by atoms with Crippen molar-refractivity contribution in [3.63, 3.8) is 0 Å². The first-order valence-electron chi connectivity index (χ1n) is 2.89. The first kappa shape index (κ1) is 6.02. The number of hydrogen-bond donors (Lipinski definition) is 1. The van der Waals surface area contributed by atoms with Gasteiger partial charge in [0.1, 0.15) is 11.8 Å². The largest absolute Gasteiger partial charge is 0.382 e. The van der Waals surface area contributed by atoms with Crippen molar-refractivity contribution >= 4 is 11.3 Å². The van der Waals surface area contributed by atoms with E-state index in [1.54, 1.807) is 0 Å². The Hall–Kier alpha value is -1.72. The second-order valence-corrected chi connectivity index (χ2v) is 1.99. The van der Waals surface area contributed by atoms with Crippen LogP contribution in [0.2, 0.25) is 0 Å². The lowest BCUT2D eigenvalue weighted by molar-refractivity contribution is 0.558. The van der Waals surface area contributed by atoms with Crippen LogP contribution in [0.3, 0.4) is 0 Å². The Bertz CT molecular complexity index is 395. The quantitative estimate of drug-likeness (QED) is 0.571. The molecule has 56 valence electrons. The Labute approximate surface area is 60.7 Å². The van der Waals surface area contributed by atoms with Crippen LogP contribution in [-0.2, 0) is 0 Å². The highest BCUT2D eigenvalue weighted by Gasteiger charge is 2.03. The highest BCUT2D eigenvalue weighted by atomic mass is 19.1. The summed E-state index contributed by atoms with van der Waals surface area (Å²) in [5.74, 6) is -0.395. The van der Waals surface area contributed by atoms with Gasteiger partial charge in [-0.05, 0) is 0 Å². The van der Waals surface area contributed by atoms with E-state index in [4.69, 9.17) is 5.73 Å². The Morgan fingerprint density at radius 1 is 1.55 bits per heavy atom. The van der Waals surface area contributed by atoms with Crippen molar-refractivity contribution < 1.29 is 4.39 Å². The van der Waals surface area contributed by atoms with Crippen molar-refractivity contribution in [2.75, 3.05) is 5.73 Å². The molecular weight excluding hydrogens is 149 g/mol. The number of hydrogen-bond acceptors (Lipinski definition) is 4. The van der Waals surface area contributed by atoms with Gasteiger partial charge in [-0.3, -0.25) is 0 Å². The van der Waals surface area contributed by atoms with Crippen LogP contribution in [-0.4, -0.2) is 19.8 Å². The fourth-order valence-corrected chi connectivity index (χ4v) is 0.811. The van der Waals surface area contributed by atoms with E-state index in [2.05, 4.69) is 15.2 Å². The molecule has 0 aromatic carbocycles. The molecule has 0 atom stereocenters. The van der Waals surface area contributed by atoms with Gasteiger partial charge in [-0.2, -0.15) is 4.39 Å². The van der Waals surface area contributed by atoms with E-state index < -0.39 is 5.95 Å². The Balaban J connectivity index is 2.90. The molecule has 2 heterocycles. The SMILES string of the molecule is Nc1ncnn2nc(F)cc12. The summed E-state index contributed by atoms with van der Waals surface area (Å²) < 4.78 is 13.5. The van der Waals surface area contributed by atoms with E-state index in [0.717, 1.165) is 4.63 Å². The van der Waals surface area contributed by atoms with Crippen LogP contribution in [0.15, 0.2) is 12.4 Å². The van der Waals surface area contributed by atoms with Gasteiger partial charge < -0.3 is 5.73 Å². The second-order valence-electron chi connectivity index (χ2n) is 1.99. The fraction of sp³-hybridized carbons (Fsp3) is 0. The van der Waals surface area contributed by atoms with Crippen LogP contribution in [0.1, 0.15) is 0 Å². The highest BCUT2D eigenvalue weighted by Crippen LogP contribution is 2.07. The third-order valence-electron chi connectivity index (χ3n) is 1.28. The normalized spacial score (nSPS) is 10.6. The van der Waals surface area contributed by atoms with Gasteiger partial charge in [-0.15, -0.1) is 14.8 Å². The van der Waals surface area contributed by atoms with Crippen molar-refractivity contribution in [3.05, 3.63) is 18.3 Å². The topological polar surface area (TPSA) is 69.1 Å². The molecule has 2 N–H and O–H groups in total. The van der Waals surface area contributed by atoms with Crippen molar-refractivity contribution in [2.45, 2.75) is 0 Å². The zero-order valence-corrected chi connectivity index (χ0v) is 5.40. The minimum Gasteiger partial charge on any atom is -0.382 e. The molecule has 2 aromatic heterocycles. The number of fused-ring (bicyclic) bond motifs is 1. The Kier molecular flexibility index (Phi) is 1.03. The number of nitrogens with zero attached hydrogens (tertiary/aromatic N) is 4. The van der Waals surface area contributed by atoms with E-state index >= 15 is 0 Å². The molecule has 0 aliphatic rings. The molecule has 5 nitrogen and oxygen atoms in total. The minimum absolute atomic E-state index is 0.219. The predicted octanol–water partition coefficient (Wildman–Crippen LogP) is -0.154. The summed E-state index contributed by atoms with van der Waals surface area (Å²) in [5.41, 5.74) is 5.77. The van der Waals surface area contributed by atoms with Crippen LogP contribution >= 0.6 is 0 Å². The maximum atomic E-state index is 12.4. The number of nitrogens with two attached hydrogens (primary N) is 1. The van der Waals surface area contributed by atoms with Crippen LogP contribution in [0, 0.1) is 5.95 Å². The third-order valence-corrected chi connectivity index (χ3v) is 1.28. The minimum atomic E-state index is -0.614. The Morgan fingerprint density at radius 3 is 3.09 bits per heavy atom. The molecule has 0 radical (unpaired) electrons. The lowest BCUT2D eigenvalue weighted by Gasteiger charge is -1.91. The number of anilines is 1. The van der Waals surface area contributed by atoms with Gasteiger partial charge in [-0.25, -0.2) is 4.98 Å². The molecule has 0 spiro atoms. The van der Waals surface area contributed by atoms with Gasteiger partial charge in [-0.1, -0.05) is 0 Å². The van der Waals surface area contributed by atoms with Gasteiger partial charge in [0.25, 0.3) is 0 Å². The first-order chi connectivity index (χ1) is 5.27. The number of aromatic nitrogens is 4. The van der Waals surface area contributed by atoms with Crippen LogP contribution in [0.4, 0.5) is 10.2 Å².